The predicted octanol–water partition coefficient (Wildman–Crippen LogP) is 5.26. The fraction of sp³-hybridized carbons (Fsp3) is 0.333. The summed E-state index contributed by atoms with van der Waals surface area (Å²) in [7, 11) is 0. The normalized spacial score (nSPS) is 11.5. The van der Waals surface area contributed by atoms with Crippen molar-refractivity contribution in [3.8, 4) is 5.75 Å². The van der Waals surface area contributed by atoms with Crippen LogP contribution in [0.4, 0.5) is 11.4 Å². The molecule has 0 saturated carbocycles. The number of amides is 2. The van der Waals surface area contributed by atoms with E-state index in [1.54, 1.807) is 55.5 Å². The lowest BCUT2D eigenvalue weighted by atomic mass is 10.2. The molecule has 0 spiro atoms. The molecule has 0 aliphatic rings. The van der Waals surface area contributed by atoms with Crippen LogP contribution in [0.25, 0.3) is 0 Å². The van der Waals surface area contributed by atoms with Crippen LogP contribution in [0.1, 0.15) is 39.5 Å². The first kappa shape index (κ1) is 20.8. The molecule has 0 saturated heterocycles. The Hall–Kier alpha value is -2.53. The molecule has 2 aromatic rings. The summed E-state index contributed by atoms with van der Waals surface area (Å²) in [6.07, 6.45) is 2.83. The van der Waals surface area contributed by atoms with Crippen molar-refractivity contribution in [1.29, 1.82) is 0 Å². The van der Waals surface area contributed by atoms with Crippen LogP contribution >= 0.6 is 11.6 Å². The molecule has 5 nitrogen and oxygen atoms in total. The summed E-state index contributed by atoms with van der Waals surface area (Å²) in [5.74, 6) is 0.177. The van der Waals surface area contributed by atoms with Gasteiger partial charge in [0.15, 0.2) is 6.10 Å². The highest BCUT2D eigenvalue weighted by Gasteiger charge is 2.16. The zero-order valence-electron chi connectivity index (χ0n) is 15.6. The first-order chi connectivity index (χ1) is 13.0. The van der Waals surface area contributed by atoms with Crippen LogP contribution in [-0.4, -0.2) is 17.9 Å². The van der Waals surface area contributed by atoms with Crippen molar-refractivity contribution >= 4 is 34.8 Å². The largest absolute Gasteiger partial charge is 0.479 e. The van der Waals surface area contributed by atoms with Crippen molar-refractivity contribution in [2.45, 2.75) is 45.6 Å². The molecule has 2 aromatic carbocycles. The fourth-order valence-electron chi connectivity index (χ4n) is 2.42. The smallest absolute Gasteiger partial charge is 0.265 e. The van der Waals surface area contributed by atoms with Crippen molar-refractivity contribution in [3.05, 3.63) is 53.6 Å². The number of nitrogens with one attached hydrogen (secondary N) is 2. The summed E-state index contributed by atoms with van der Waals surface area (Å²) >= 11 is 6.04. The standard InChI is InChI=1S/C21H25ClN2O3/c1-3-4-5-10-20(25)23-16-11-13-17(14-12-16)24-21(26)15(2)27-19-9-7-6-8-18(19)22/h6-9,11-15H,3-5,10H2,1-2H3,(H,23,25)(H,24,26). The van der Waals surface area contributed by atoms with E-state index in [-0.39, 0.29) is 11.8 Å². The topological polar surface area (TPSA) is 67.4 Å². The minimum Gasteiger partial charge on any atom is -0.479 e. The highest BCUT2D eigenvalue weighted by molar-refractivity contribution is 6.32. The average molecular weight is 389 g/mol. The Balaban J connectivity index is 1.85. The van der Waals surface area contributed by atoms with Crippen LogP contribution < -0.4 is 15.4 Å². The number of ether oxygens (including phenoxy) is 1. The number of rotatable bonds is 9. The molecular weight excluding hydrogens is 364 g/mol. The highest BCUT2D eigenvalue weighted by Crippen LogP contribution is 2.24. The lowest BCUT2D eigenvalue weighted by molar-refractivity contribution is -0.122. The minimum absolute atomic E-state index is 0.00185. The van der Waals surface area contributed by atoms with Gasteiger partial charge in [-0.2, -0.15) is 0 Å². The molecule has 0 aromatic heterocycles. The molecule has 0 fully saturated rings. The number of carbonyl (C=O) groups excluding carboxylic acids is 2. The average Bonchev–Trinajstić information content (AvgIpc) is 2.65. The Labute approximate surface area is 165 Å². The van der Waals surface area contributed by atoms with E-state index < -0.39 is 6.10 Å². The quantitative estimate of drug-likeness (QED) is 0.575. The molecule has 0 aliphatic heterocycles. The molecule has 6 heteroatoms. The first-order valence-electron chi connectivity index (χ1n) is 9.11. The maximum Gasteiger partial charge on any atom is 0.265 e. The summed E-state index contributed by atoms with van der Waals surface area (Å²) < 4.78 is 5.60. The van der Waals surface area contributed by atoms with Gasteiger partial charge in [0, 0.05) is 17.8 Å². The van der Waals surface area contributed by atoms with Crippen LogP contribution in [0.3, 0.4) is 0 Å². The van der Waals surface area contributed by atoms with Gasteiger partial charge < -0.3 is 15.4 Å². The van der Waals surface area contributed by atoms with E-state index in [0.717, 1.165) is 19.3 Å². The van der Waals surface area contributed by atoms with E-state index in [2.05, 4.69) is 17.6 Å². The van der Waals surface area contributed by atoms with Crippen LogP contribution in [-0.2, 0) is 9.59 Å². The fourth-order valence-corrected chi connectivity index (χ4v) is 2.60. The van der Waals surface area contributed by atoms with Crippen molar-refractivity contribution in [2.24, 2.45) is 0 Å². The van der Waals surface area contributed by atoms with Crippen molar-refractivity contribution in [1.82, 2.24) is 0 Å². The highest BCUT2D eigenvalue weighted by atomic mass is 35.5. The maximum absolute atomic E-state index is 12.3. The number of anilines is 2. The van der Waals surface area contributed by atoms with E-state index in [4.69, 9.17) is 16.3 Å². The van der Waals surface area contributed by atoms with Gasteiger partial charge in [0.25, 0.3) is 5.91 Å². The van der Waals surface area contributed by atoms with E-state index >= 15 is 0 Å². The van der Waals surface area contributed by atoms with Crippen LogP contribution in [0.15, 0.2) is 48.5 Å². The molecule has 1 atom stereocenters. The second-order valence-electron chi connectivity index (χ2n) is 6.26. The third kappa shape index (κ3) is 6.94. The van der Waals surface area contributed by atoms with E-state index in [9.17, 15) is 9.59 Å². The Kier molecular flexibility index (Phi) is 8.14. The Bertz CT molecular complexity index is 762. The third-order valence-electron chi connectivity index (χ3n) is 3.95. The van der Waals surface area contributed by atoms with Crippen molar-refractivity contribution < 1.29 is 14.3 Å². The zero-order chi connectivity index (χ0) is 19.6. The molecule has 2 N–H and O–H groups in total. The van der Waals surface area contributed by atoms with Gasteiger partial charge >= 0.3 is 0 Å². The number of unbranched alkanes of at least 4 members (excludes halogenated alkanes) is 2. The molecule has 2 rings (SSSR count). The summed E-state index contributed by atoms with van der Waals surface area (Å²) in [4.78, 5) is 24.1. The molecule has 0 bridgehead atoms. The molecule has 0 heterocycles. The number of carbonyl (C=O) groups is 2. The third-order valence-corrected chi connectivity index (χ3v) is 4.27. The molecular formula is C21H25ClN2O3. The summed E-state index contributed by atoms with van der Waals surface area (Å²) in [5.41, 5.74) is 1.33. The van der Waals surface area contributed by atoms with Crippen molar-refractivity contribution in [3.63, 3.8) is 0 Å². The molecule has 0 aliphatic carbocycles. The predicted molar refractivity (Wildman–Crippen MR) is 109 cm³/mol. The second-order valence-corrected chi connectivity index (χ2v) is 6.67. The summed E-state index contributed by atoms with van der Waals surface area (Å²) in [5, 5.41) is 6.09. The second kappa shape index (κ2) is 10.6. The van der Waals surface area contributed by atoms with Gasteiger partial charge in [-0.25, -0.2) is 0 Å². The van der Waals surface area contributed by atoms with Crippen molar-refractivity contribution in [2.75, 3.05) is 10.6 Å². The lowest BCUT2D eigenvalue weighted by Gasteiger charge is -2.15. The molecule has 27 heavy (non-hydrogen) atoms. The first-order valence-corrected chi connectivity index (χ1v) is 9.49. The maximum atomic E-state index is 12.3. The molecule has 1 unspecified atom stereocenters. The van der Waals surface area contributed by atoms with Crippen LogP contribution in [0, 0.1) is 0 Å². The van der Waals surface area contributed by atoms with Crippen LogP contribution in [0.5, 0.6) is 5.75 Å². The van der Waals surface area contributed by atoms with Gasteiger partial charge in [-0.05, 0) is 49.7 Å². The Morgan fingerprint density at radius 1 is 1.00 bits per heavy atom. The molecule has 144 valence electrons. The van der Waals surface area contributed by atoms with Gasteiger partial charge in [0.1, 0.15) is 5.75 Å². The number of para-hydroxylation sites is 1. The Morgan fingerprint density at radius 3 is 2.26 bits per heavy atom. The minimum atomic E-state index is -0.706. The van der Waals surface area contributed by atoms with Gasteiger partial charge in [0.05, 0.1) is 5.02 Å². The molecule has 0 radical (unpaired) electrons. The number of halogens is 1. The van der Waals surface area contributed by atoms with Crippen LogP contribution in [0.2, 0.25) is 5.02 Å². The number of hydrogen-bond donors (Lipinski definition) is 2. The van der Waals surface area contributed by atoms with E-state index in [1.165, 1.54) is 0 Å². The lowest BCUT2D eigenvalue weighted by Crippen LogP contribution is -2.30. The van der Waals surface area contributed by atoms with E-state index in [0.29, 0.717) is 28.6 Å². The Morgan fingerprint density at radius 2 is 1.63 bits per heavy atom. The van der Waals surface area contributed by atoms with Gasteiger partial charge in [-0.3, -0.25) is 9.59 Å². The zero-order valence-corrected chi connectivity index (χ0v) is 16.4. The molecule has 2 amide bonds. The van der Waals surface area contributed by atoms with Gasteiger partial charge in [-0.1, -0.05) is 43.5 Å². The summed E-state index contributed by atoms with van der Waals surface area (Å²) in [6.45, 7) is 3.76. The number of hydrogen-bond acceptors (Lipinski definition) is 3. The van der Waals surface area contributed by atoms with Gasteiger partial charge in [0.2, 0.25) is 5.91 Å². The van der Waals surface area contributed by atoms with Gasteiger partial charge in [-0.15, -0.1) is 0 Å². The van der Waals surface area contributed by atoms with E-state index in [1.807, 2.05) is 0 Å². The SMILES string of the molecule is CCCCCC(=O)Nc1ccc(NC(=O)C(C)Oc2ccccc2Cl)cc1. The summed E-state index contributed by atoms with van der Waals surface area (Å²) in [6, 6.07) is 14.0. The monoisotopic (exact) mass is 388 g/mol. The number of benzene rings is 2.